The molecule has 0 bridgehead atoms. The van der Waals surface area contributed by atoms with Crippen LogP contribution in [0.15, 0.2) is 33.7 Å². The normalized spacial score (nSPS) is 19.2. The van der Waals surface area contributed by atoms with Gasteiger partial charge in [-0.15, -0.1) is 29.3 Å². The second-order valence-electron chi connectivity index (χ2n) is 7.18. The molecule has 192 valence electrons. The topological polar surface area (TPSA) is 191 Å². The first-order valence-electron chi connectivity index (χ1n) is 9.82. The van der Waals surface area contributed by atoms with E-state index in [0.29, 0.717) is 16.5 Å². The van der Waals surface area contributed by atoms with E-state index >= 15 is 0 Å². The fourth-order valence-electron chi connectivity index (χ4n) is 3.41. The van der Waals surface area contributed by atoms with Crippen molar-refractivity contribution in [2.75, 3.05) is 24.3 Å². The smallest absolute Gasteiger partial charge is 0.352 e. The number of hydrogen-bond donors (Lipinski definition) is 3. The molecule has 0 saturated carbocycles. The summed E-state index contributed by atoms with van der Waals surface area (Å²) in [4.78, 5) is 47.9. The Hall–Kier alpha value is -3.08. The van der Waals surface area contributed by atoms with Crippen LogP contribution in [-0.2, 0) is 26.3 Å². The SMILES string of the molecule is CON=C(C(=O)NC1C(=O)N2C(C(=O)O)=C(CSc3nnnn3C)CS[C@H]12)c1nc(N)ccc1Cl.Cl. The van der Waals surface area contributed by atoms with Gasteiger partial charge in [0.2, 0.25) is 5.16 Å². The van der Waals surface area contributed by atoms with E-state index in [4.69, 9.17) is 22.2 Å². The highest BCUT2D eigenvalue weighted by atomic mass is 35.5. The first-order valence-corrected chi connectivity index (χ1v) is 12.2. The number of hydrogen-bond acceptors (Lipinski definition) is 12. The molecule has 1 unspecified atom stereocenters. The van der Waals surface area contributed by atoms with Gasteiger partial charge in [0.15, 0.2) is 5.71 Å². The van der Waals surface area contributed by atoms with Crippen LogP contribution >= 0.6 is 47.5 Å². The summed E-state index contributed by atoms with van der Waals surface area (Å²) in [6, 6.07) is 1.92. The number of thioether (sulfide) groups is 2. The molecule has 1 fully saturated rings. The molecular weight excluding hydrogens is 557 g/mol. The number of carbonyl (C=O) groups excluding carboxylic acids is 2. The number of aromatic nitrogens is 5. The number of amides is 2. The molecule has 0 aromatic carbocycles. The maximum atomic E-state index is 13.0. The summed E-state index contributed by atoms with van der Waals surface area (Å²) in [5.41, 5.74) is 5.83. The lowest BCUT2D eigenvalue weighted by atomic mass is 10.0. The number of aryl methyl sites for hydroxylation is 1. The van der Waals surface area contributed by atoms with Crippen LogP contribution in [0.25, 0.3) is 0 Å². The van der Waals surface area contributed by atoms with Crippen molar-refractivity contribution in [3.63, 3.8) is 0 Å². The van der Waals surface area contributed by atoms with Crippen molar-refractivity contribution in [2.45, 2.75) is 16.6 Å². The molecule has 2 aliphatic heterocycles. The first-order chi connectivity index (χ1) is 16.7. The highest BCUT2D eigenvalue weighted by Crippen LogP contribution is 2.41. The van der Waals surface area contributed by atoms with E-state index in [1.165, 1.54) is 52.3 Å². The van der Waals surface area contributed by atoms with Crippen LogP contribution < -0.4 is 11.1 Å². The van der Waals surface area contributed by atoms with E-state index in [1.807, 2.05) is 0 Å². The summed E-state index contributed by atoms with van der Waals surface area (Å²) < 4.78 is 1.46. The number of rotatable bonds is 8. The van der Waals surface area contributed by atoms with Crippen molar-refractivity contribution in [1.29, 1.82) is 0 Å². The standard InChI is InChI=1S/C18H18ClN9O5S2.ClH/c1-27-18(23-25-26-27)35-6-7-5-34-16-12(15(30)28(16)13(7)17(31)32)22-14(29)11(24-33-2)10-8(19)3-4-9(20)21-10;/h3-4,12,16H,5-6H2,1-2H3,(H2,20,21)(H,22,29)(H,31,32);1H/t12?,16-;/m1./s1. The second kappa shape index (κ2) is 11.3. The predicted molar refractivity (Wildman–Crippen MR) is 134 cm³/mol. The number of nitrogen functional groups attached to an aromatic ring is 1. The number of anilines is 1. The molecule has 4 rings (SSSR count). The molecule has 0 radical (unpaired) electrons. The Balaban J connectivity index is 0.00000361. The molecule has 0 aliphatic carbocycles. The maximum absolute atomic E-state index is 13.0. The summed E-state index contributed by atoms with van der Waals surface area (Å²) >= 11 is 8.72. The minimum atomic E-state index is -1.24. The van der Waals surface area contributed by atoms with Crippen molar-refractivity contribution in [2.24, 2.45) is 12.2 Å². The van der Waals surface area contributed by atoms with E-state index in [-0.39, 0.29) is 46.1 Å². The number of carboxylic acids is 1. The third-order valence-corrected chi connectivity index (χ3v) is 7.72. The molecule has 2 aliphatic rings. The van der Waals surface area contributed by atoms with Gasteiger partial charge in [0.1, 0.15) is 35.7 Å². The summed E-state index contributed by atoms with van der Waals surface area (Å²) in [6.07, 6.45) is 0. The fraction of sp³-hybridized carbons (Fsp3) is 0.333. The monoisotopic (exact) mass is 575 g/mol. The van der Waals surface area contributed by atoms with Crippen molar-refractivity contribution >= 4 is 76.8 Å². The minimum Gasteiger partial charge on any atom is -0.477 e. The lowest BCUT2D eigenvalue weighted by molar-refractivity contribution is -0.150. The summed E-state index contributed by atoms with van der Waals surface area (Å²) in [6.45, 7) is 0. The minimum absolute atomic E-state index is 0. The molecule has 2 amide bonds. The molecule has 36 heavy (non-hydrogen) atoms. The van der Waals surface area contributed by atoms with Gasteiger partial charge >= 0.3 is 5.97 Å². The highest BCUT2D eigenvalue weighted by molar-refractivity contribution is 8.01. The van der Waals surface area contributed by atoms with Gasteiger partial charge in [0, 0.05) is 18.6 Å². The van der Waals surface area contributed by atoms with E-state index in [2.05, 4.69) is 31.0 Å². The number of nitrogens with two attached hydrogens (primary N) is 1. The Morgan fingerprint density at radius 1 is 1.44 bits per heavy atom. The van der Waals surface area contributed by atoms with Gasteiger partial charge in [-0.25, -0.2) is 14.5 Å². The number of halogens is 2. The van der Waals surface area contributed by atoms with Crippen LogP contribution in [0.3, 0.4) is 0 Å². The molecule has 2 aromatic rings. The Bertz CT molecular complexity index is 1270. The van der Waals surface area contributed by atoms with Crippen LogP contribution in [0, 0.1) is 0 Å². The average Bonchev–Trinajstić information content (AvgIpc) is 3.24. The highest BCUT2D eigenvalue weighted by Gasteiger charge is 2.54. The molecule has 4 heterocycles. The van der Waals surface area contributed by atoms with Gasteiger partial charge in [-0.3, -0.25) is 14.5 Å². The van der Waals surface area contributed by atoms with E-state index in [1.54, 1.807) is 7.05 Å². The maximum Gasteiger partial charge on any atom is 0.352 e. The van der Waals surface area contributed by atoms with E-state index in [9.17, 15) is 19.5 Å². The number of carbonyl (C=O) groups is 3. The molecule has 14 nitrogen and oxygen atoms in total. The number of carboxylic acid groups (broad SMARTS) is 1. The van der Waals surface area contributed by atoms with Crippen molar-refractivity contribution < 1.29 is 24.3 Å². The van der Waals surface area contributed by atoms with Gasteiger partial charge in [0.05, 0.1) is 5.02 Å². The first kappa shape index (κ1) is 27.5. The molecule has 2 atom stereocenters. The third kappa shape index (κ3) is 5.21. The zero-order chi connectivity index (χ0) is 25.3. The molecule has 4 N–H and O–H groups in total. The van der Waals surface area contributed by atoms with Gasteiger partial charge in [-0.1, -0.05) is 28.5 Å². The largest absolute Gasteiger partial charge is 0.477 e. The number of aliphatic carboxylic acids is 1. The van der Waals surface area contributed by atoms with Gasteiger partial charge in [-0.05, 0) is 28.1 Å². The molecule has 1 saturated heterocycles. The quantitative estimate of drug-likeness (QED) is 0.167. The van der Waals surface area contributed by atoms with Crippen molar-refractivity contribution in [3.05, 3.63) is 34.1 Å². The average molecular weight is 576 g/mol. The Kier molecular flexibility index (Phi) is 8.65. The van der Waals surface area contributed by atoms with Crippen LogP contribution in [0.4, 0.5) is 5.82 Å². The van der Waals surface area contributed by atoms with Crippen LogP contribution in [0.5, 0.6) is 0 Å². The summed E-state index contributed by atoms with van der Waals surface area (Å²) in [7, 11) is 2.90. The number of oxime groups is 1. The number of β-lactam (4-membered cyclic amide) rings is 1. The Morgan fingerprint density at radius 3 is 2.83 bits per heavy atom. The molecule has 18 heteroatoms. The third-order valence-electron chi connectivity index (χ3n) is 4.98. The molecule has 2 aromatic heterocycles. The van der Waals surface area contributed by atoms with E-state index < -0.39 is 29.2 Å². The van der Waals surface area contributed by atoms with Gasteiger partial charge in [-0.2, -0.15) is 0 Å². The predicted octanol–water partition coefficient (Wildman–Crippen LogP) is 0.144. The lowest BCUT2D eigenvalue weighted by Crippen LogP contribution is -2.71. The Labute approximate surface area is 223 Å². The lowest BCUT2D eigenvalue weighted by Gasteiger charge is -2.49. The Morgan fingerprint density at radius 2 is 2.19 bits per heavy atom. The summed E-state index contributed by atoms with van der Waals surface area (Å²) in [5.74, 6) is -1.87. The second-order valence-corrected chi connectivity index (χ2v) is 9.64. The number of nitrogens with zero attached hydrogens (tertiary/aromatic N) is 7. The van der Waals surface area contributed by atoms with E-state index in [0.717, 1.165) is 0 Å². The van der Waals surface area contributed by atoms with Gasteiger partial charge in [0.25, 0.3) is 11.8 Å². The van der Waals surface area contributed by atoms with Crippen molar-refractivity contribution in [3.8, 4) is 0 Å². The number of tetrazole rings is 1. The van der Waals surface area contributed by atoms with Crippen LogP contribution in [-0.4, -0.2) is 88.7 Å². The van der Waals surface area contributed by atoms with Crippen LogP contribution in [0.2, 0.25) is 5.02 Å². The fourth-order valence-corrected chi connectivity index (χ4v) is 5.94. The molecule has 0 spiro atoms. The zero-order valence-electron chi connectivity index (χ0n) is 18.6. The number of pyridine rings is 1. The summed E-state index contributed by atoms with van der Waals surface area (Å²) in [5, 5.41) is 27.2. The molecular formula is C18H19Cl2N9O5S2. The van der Waals surface area contributed by atoms with Crippen LogP contribution in [0.1, 0.15) is 5.69 Å². The zero-order valence-corrected chi connectivity index (χ0v) is 21.8. The number of fused-ring (bicyclic) bond motifs is 1. The van der Waals surface area contributed by atoms with Crippen molar-refractivity contribution in [1.82, 2.24) is 35.4 Å². The van der Waals surface area contributed by atoms with Gasteiger partial charge < -0.3 is 21.0 Å². The number of nitrogens with one attached hydrogen (secondary N) is 1.